The van der Waals surface area contributed by atoms with E-state index in [1.165, 1.54) is 6.07 Å². The molecule has 0 aliphatic carbocycles. The van der Waals surface area contributed by atoms with Gasteiger partial charge in [0.1, 0.15) is 5.82 Å². The van der Waals surface area contributed by atoms with Crippen LogP contribution in [0.15, 0.2) is 18.2 Å². The SMILES string of the molecule is Cc1ccc(NC(=O)CN2CCC(N)CC2)cc1F. The van der Waals surface area contributed by atoms with Crippen LogP contribution in [-0.2, 0) is 4.79 Å². The number of nitrogens with two attached hydrogens (primary N) is 1. The molecule has 0 spiro atoms. The highest BCUT2D eigenvalue weighted by Gasteiger charge is 2.18. The fourth-order valence-electron chi connectivity index (χ4n) is 2.19. The first-order valence-electron chi connectivity index (χ1n) is 6.58. The van der Waals surface area contributed by atoms with Crippen molar-refractivity contribution in [1.82, 2.24) is 4.90 Å². The number of hydrogen-bond acceptors (Lipinski definition) is 3. The third-order valence-corrected chi connectivity index (χ3v) is 3.46. The minimum Gasteiger partial charge on any atom is -0.328 e. The highest BCUT2D eigenvalue weighted by atomic mass is 19.1. The van der Waals surface area contributed by atoms with Gasteiger partial charge in [0, 0.05) is 24.8 Å². The molecule has 1 aliphatic rings. The van der Waals surface area contributed by atoms with E-state index in [0.29, 0.717) is 17.8 Å². The number of carbonyl (C=O) groups is 1. The number of likely N-dealkylation sites (tertiary alicyclic amines) is 1. The maximum Gasteiger partial charge on any atom is 0.238 e. The summed E-state index contributed by atoms with van der Waals surface area (Å²) < 4.78 is 13.4. The molecule has 3 N–H and O–H groups in total. The fourth-order valence-corrected chi connectivity index (χ4v) is 2.19. The largest absolute Gasteiger partial charge is 0.328 e. The molecule has 2 rings (SSSR count). The van der Waals surface area contributed by atoms with Crippen molar-refractivity contribution in [3.05, 3.63) is 29.6 Å². The fraction of sp³-hybridized carbons (Fsp3) is 0.500. The van der Waals surface area contributed by atoms with Crippen molar-refractivity contribution in [3.63, 3.8) is 0 Å². The summed E-state index contributed by atoms with van der Waals surface area (Å²) in [4.78, 5) is 13.9. The highest BCUT2D eigenvalue weighted by molar-refractivity contribution is 5.92. The molecule has 1 aromatic carbocycles. The van der Waals surface area contributed by atoms with Crippen molar-refractivity contribution in [3.8, 4) is 0 Å². The van der Waals surface area contributed by atoms with Crippen molar-refractivity contribution >= 4 is 11.6 Å². The Morgan fingerprint density at radius 3 is 2.79 bits per heavy atom. The van der Waals surface area contributed by atoms with Crippen LogP contribution in [0.4, 0.5) is 10.1 Å². The first-order valence-corrected chi connectivity index (χ1v) is 6.58. The van der Waals surface area contributed by atoms with Crippen molar-refractivity contribution in [1.29, 1.82) is 0 Å². The van der Waals surface area contributed by atoms with Gasteiger partial charge in [-0.05, 0) is 37.5 Å². The number of aryl methyl sites for hydroxylation is 1. The molecule has 0 radical (unpaired) electrons. The van der Waals surface area contributed by atoms with Crippen molar-refractivity contribution < 1.29 is 9.18 Å². The van der Waals surface area contributed by atoms with Crippen LogP contribution in [0.1, 0.15) is 18.4 Å². The second-order valence-corrected chi connectivity index (χ2v) is 5.13. The Morgan fingerprint density at radius 1 is 1.47 bits per heavy atom. The van der Waals surface area contributed by atoms with E-state index in [1.54, 1.807) is 19.1 Å². The summed E-state index contributed by atoms with van der Waals surface area (Å²) in [5.74, 6) is -0.416. The van der Waals surface area contributed by atoms with Crippen LogP contribution in [-0.4, -0.2) is 36.5 Å². The molecule has 104 valence electrons. The molecule has 0 unspecified atom stereocenters. The van der Waals surface area contributed by atoms with Crippen molar-refractivity contribution in [2.75, 3.05) is 25.0 Å². The van der Waals surface area contributed by atoms with Gasteiger partial charge in [0.25, 0.3) is 0 Å². The van der Waals surface area contributed by atoms with Gasteiger partial charge in [-0.3, -0.25) is 9.69 Å². The minimum atomic E-state index is -0.304. The molecule has 1 amide bonds. The lowest BCUT2D eigenvalue weighted by Crippen LogP contribution is -2.43. The third kappa shape index (κ3) is 4.01. The molecule has 1 aromatic rings. The average molecular weight is 265 g/mol. The molecule has 4 nitrogen and oxygen atoms in total. The standard InChI is InChI=1S/C14H20FN3O/c1-10-2-3-12(8-13(10)15)17-14(19)9-18-6-4-11(16)5-7-18/h2-3,8,11H,4-7,9,16H2,1H3,(H,17,19). The van der Waals surface area contributed by atoms with E-state index >= 15 is 0 Å². The van der Waals surface area contributed by atoms with E-state index < -0.39 is 0 Å². The van der Waals surface area contributed by atoms with Gasteiger partial charge in [0.05, 0.1) is 6.54 Å². The van der Waals surface area contributed by atoms with Crippen LogP contribution in [0.5, 0.6) is 0 Å². The number of piperidine rings is 1. The lowest BCUT2D eigenvalue weighted by molar-refractivity contribution is -0.117. The first kappa shape index (κ1) is 14.0. The number of benzene rings is 1. The average Bonchev–Trinajstić information content (AvgIpc) is 2.37. The predicted octanol–water partition coefficient (Wildman–Crippen LogP) is 1.50. The Morgan fingerprint density at radius 2 is 2.16 bits per heavy atom. The van der Waals surface area contributed by atoms with E-state index in [9.17, 15) is 9.18 Å². The molecule has 1 heterocycles. The van der Waals surface area contributed by atoms with Gasteiger partial charge < -0.3 is 11.1 Å². The van der Waals surface area contributed by atoms with Crippen LogP contribution < -0.4 is 11.1 Å². The number of carbonyl (C=O) groups excluding carboxylic acids is 1. The molecule has 0 aromatic heterocycles. The van der Waals surface area contributed by atoms with Gasteiger partial charge in [-0.1, -0.05) is 6.07 Å². The Kier molecular flexibility index (Phi) is 4.50. The van der Waals surface area contributed by atoms with Gasteiger partial charge in [0.2, 0.25) is 5.91 Å². The summed E-state index contributed by atoms with van der Waals surface area (Å²) in [5.41, 5.74) is 6.89. The number of rotatable bonds is 3. The van der Waals surface area contributed by atoms with Crippen LogP contribution in [0.3, 0.4) is 0 Å². The van der Waals surface area contributed by atoms with Crippen LogP contribution >= 0.6 is 0 Å². The van der Waals surface area contributed by atoms with Crippen molar-refractivity contribution in [2.45, 2.75) is 25.8 Å². The molecule has 0 atom stereocenters. The number of hydrogen-bond donors (Lipinski definition) is 2. The van der Waals surface area contributed by atoms with E-state index in [-0.39, 0.29) is 17.8 Å². The zero-order valence-corrected chi connectivity index (χ0v) is 11.2. The van der Waals surface area contributed by atoms with Crippen LogP contribution in [0, 0.1) is 12.7 Å². The Bertz CT molecular complexity index is 456. The molecule has 1 aliphatic heterocycles. The monoisotopic (exact) mass is 265 g/mol. The summed E-state index contributed by atoms with van der Waals surface area (Å²) in [5, 5.41) is 2.72. The van der Waals surface area contributed by atoms with E-state index in [2.05, 4.69) is 10.2 Å². The lowest BCUT2D eigenvalue weighted by Gasteiger charge is -2.29. The predicted molar refractivity (Wildman–Crippen MR) is 73.4 cm³/mol. The molecule has 0 bridgehead atoms. The van der Waals surface area contributed by atoms with Crippen LogP contribution in [0.2, 0.25) is 0 Å². The molecular formula is C14H20FN3O. The van der Waals surface area contributed by atoms with Gasteiger partial charge in [-0.25, -0.2) is 4.39 Å². The topological polar surface area (TPSA) is 58.4 Å². The normalized spacial score (nSPS) is 17.4. The highest BCUT2D eigenvalue weighted by Crippen LogP contribution is 2.14. The Hall–Kier alpha value is -1.46. The van der Waals surface area contributed by atoms with E-state index in [0.717, 1.165) is 25.9 Å². The van der Waals surface area contributed by atoms with Crippen LogP contribution in [0.25, 0.3) is 0 Å². The van der Waals surface area contributed by atoms with Gasteiger partial charge >= 0.3 is 0 Å². The lowest BCUT2D eigenvalue weighted by atomic mass is 10.1. The molecule has 19 heavy (non-hydrogen) atoms. The van der Waals surface area contributed by atoms with Gasteiger partial charge in [0.15, 0.2) is 0 Å². The number of nitrogens with one attached hydrogen (secondary N) is 1. The summed E-state index contributed by atoms with van der Waals surface area (Å²) in [6.45, 7) is 3.72. The zero-order valence-electron chi connectivity index (χ0n) is 11.2. The van der Waals surface area contributed by atoms with Crippen molar-refractivity contribution in [2.24, 2.45) is 5.73 Å². The van der Waals surface area contributed by atoms with Gasteiger partial charge in [-0.2, -0.15) is 0 Å². The molecular weight excluding hydrogens is 245 g/mol. The first-order chi connectivity index (χ1) is 9.04. The molecule has 1 fully saturated rings. The van der Waals surface area contributed by atoms with E-state index in [1.807, 2.05) is 0 Å². The second-order valence-electron chi connectivity index (χ2n) is 5.13. The maximum absolute atomic E-state index is 13.4. The third-order valence-electron chi connectivity index (χ3n) is 3.46. The molecule has 5 heteroatoms. The number of halogens is 1. The zero-order chi connectivity index (χ0) is 13.8. The smallest absolute Gasteiger partial charge is 0.238 e. The summed E-state index contributed by atoms with van der Waals surface area (Å²) in [7, 11) is 0. The Labute approximate surface area is 112 Å². The number of nitrogens with zero attached hydrogens (tertiary/aromatic N) is 1. The maximum atomic E-state index is 13.4. The number of anilines is 1. The minimum absolute atomic E-state index is 0.112. The second kappa shape index (κ2) is 6.12. The molecule has 0 saturated carbocycles. The summed E-state index contributed by atoms with van der Waals surface area (Å²) in [6, 6.07) is 4.97. The quantitative estimate of drug-likeness (QED) is 0.870. The van der Waals surface area contributed by atoms with Gasteiger partial charge in [-0.15, -0.1) is 0 Å². The summed E-state index contributed by atoms with van der Waals surface area (Å²) in [6.07, 6.45) is 1.85. The number of amides is 1. The Balaban J connectivity index is 1.85. The van der Waals surface area contributed by atoms with E-state index in [4.69, 9.17) is 5.73 Å². The molecule has 1 saturated heterocycles. The summed E-state index contributed by atoms with van der Waals surface area (Å²) >= 11 is 0.